The highest BCUT2D eigenvalue weighted by Gasteiger charge is 2.17. The summed E-state index contributed by atoms with van der Waals surface area (Å²) in [6, 6.07) is 4.38. The van der Waals surface area contributed by atoms with Gasteiger partial charge in [0.2, 0.25) is 10.0 Å². The highest BCUT2D eigenvalue weighted by atomic mass is 32.2. The molecule has 0 saturated carbocycles. The van der Waals surface area contributed by atoms with Crippen molar-refractivity contribution in [1.82, 2.24) is 4.72 Å². The van der Waals surface area contributed by atoms with Crippen molar-refractivity contribution in [2.24, 2.45) is 0 Å². The molecule has 1 rings (SSSR count). The van der Waals surface area contributed by atoms with E-state index in [2.05, 4.69) is 9.46 Å². The molecule has 0 spiro atoms. The molecular weight excluding hydrogens is 294 g/mol. The lowest BCUT2D eigenvalue weighted by atomic mass is 10.1. The maximum absolute atomic E-state index is 12.1. The minimum absolute atomic E-state index is 0.179. The number of hydrogen-bond donors (Lipinski definition) is 1. The van der Waals surface area contributed by atoms with E-state index in [0.717, 1.165) is 0 Å². The summed E-state index contributed by atoms with van der Waals surface area (Å²) >= 11 is 0. The molecule has 0 atom stereocenters. The zero-order valence-electron chi connectivity index (χ0n) is 12.7. The van der Waals surface area contributed by atoms with Gasteiger partial charge in [-0.1, -0.05) is 6.92 Å². The molecule has 0 fully saturated rings. The summed E-state index contributed by atoms with van der Waals surface area (Å²) in [6.45, 7) is 5.19. The number of methoxy groups -OCH3 is 1. The predicted molar refractivity (Wildman–Crippen MR) is 78.8 cm³/mol. The predicted octanol–water partition coefficient (Wildman–Crippen LogP) is 1.49. The zero-order chi connectivity index (χ0) is 16.0. The average molecular weight is 315 g/mol. The Kier molecular flexibility index (Phi) is 6.17. The van der Waals surface area contributed by atoms with Gasteiger partial charge in [-0.3, -0.25) is 0 Å². The molecule has 0 radical (unpaired) electrons. The lowest BCUT2D eigenvalue weighted by Crippen LogP contribution is -2.30. The molecule has 118 valence electrons. The van der Waals surface area contributed by atoms with E-state index >= 15 is 0 Å². The van der Waals surface area contributed by atoms with Gasteiger partial charge in [0, 0.05) is 6.04 Å². The van der Waals surface area contributed by atoms with Crippen molar-refractivity contribution >= 4 is 16.0 Å². The normalized spacial score (nSPS) is 11.5. The van der Waals surface area contributed by atoms with Gasteiger partial charge in [-0.05, 0) is 44.0 Å². The SMILES string of the molecule is CCc1cc(S(=O)(=O)NC(C)C)ccc1OCC(=O)OC. The molecule has 1 N–H and O–H groups in total. The molecule has 21 heavy (non-hydrogen) atoms. The van der Waals surface area contributed by atoms with Gasteiger partial charge < -0.3 is 9.47 Å². The molecule has 0 aliphatic heterocycles. The van der Waals surface area contributed by atoms with Gasteiger partial charge in [0.25, 0.3) is 0 Å². The number of rotatable bonds is 7. The fourth-order valence-corrected chi connectivity index (χ4v) is 3.02. The second-order valence-corrected chi connectivity index (χ2v) is 6.48. The van der Waals surface area contributed by atoms with Crippen molar-refractivity contribution in [2.45, 2.75) is 38.1 Å². The first-order valence-electron chi connectivity index (χ1n) is 6.65. The van der Waals surface area contributed by atoms with Crippen LogP contribution in [0.3, 0.4) is 0 Å². The number of nitrogens with one attached hydrogen (secondary N) is 1. The third-order valence-electron chi connectivity index (χ3n) is 2.69. The first-order valence-corrected chi connectivity index (χ1v) is 8.13. The minimum Gasteiger partial charge on any atom is -0.482 e. The van der Waals surface area contributed by atoms with Crippen molar-refractivity contribution in [3.8, 4) is 5.75 Å². The Bertz CT molecular complexity index is 595. The van der Waals surface area contributed by atoms with Crippen LogP contribution in [0.15, 0.2) is 23.1 Å². The van der Waals surface area contributed by atoms with Gasteiger partial charge in [0.1, 0.15) is 5.75 Å². The quantitative estimate of drug-likeness (QED) is 0.771. The molecule has 7 heteroatoms. The lowest BCUT2D eigenvalue weighted by Gasteiger charge is -2.13. The van der Waals surface area contributed by atoms with E-state index in [-0.39, 0.29) is 17.5 Å². The Balaban J connectivity index is 3.01. The molecule has 6 nitrogen and oxygen atoms in total. The van der Waals surface area contributed by atoms with Crippen LogP contribution in [0, 0.1) is 0 Å². The number of hydrogen-bond acceptors (Lipinski definition) is 5. The van der Waals surface area contributed by atoms with Gasteiger partial charge in [0.05, 0.1) is 12.0 Å². The summed E-state index contributed by atoms with van der Waals surface area (Å²) in [5, 5.41) is 0. The van der Waals surface area contributed by atoms with Crippen molar-refractivity contribution < 1.29 is 22.7 Å². The second kappa shape index (κ2) is 7.42. The van der Waals surface area contributed by atoms with Crippen LogP contribution >= 0.6 is 0 Å². The molecule has 0 aromatic heterocycles. The Morgan fingerprint density at radius 1 is 1.33 bits per heavy atom. The van der Waals surface area contributed by atoms with E-state index in [0.29, 0.717) is 17.7 Å². The first kappa shape index (κ1) is 17.5. The summed E-state index contributed by atoms with van der Waals surface area (Å²) in [7, 11) is -2.26. The van der Waals surface area contributed by atoms with Crippen LogP contribution in [0.4, 0.5) is 0 Å². The van der Waals surface area contributed by atoms with E-state index in [1.165, 1.54) is 13.2 Å². The third-order valence-corrected chi connectivity index (χ3v) is 4.34. The molecule has 0 aliphatic carbocycles. The Labute approximate surface area is 125 Å². The smallest absolute Gasteiger partial charge is 0.343 e. The van der Waals surface area contributed by atoms with Gasteiger partial charge >= 0.3 is 5.97 Å². The topological polar surface area (TPSA) is 81.7 Å². The number of carbonyl (C=O) groups excluding carboxylic acids is 1. The number of aryl methyl sites for hydroxylation is 1. The van der Waals surface area contributed by atoms with Gasteiger partial charge in [-0.15, -0.1) is 0 Å². The van der Waals surface area contributed by atoms with E-state index < -0.39 is 16.0 Å². The molecule has 0 amide bonds. The van der Waals surface area contributed by atoms with E-state index in [4.69, 9.17) is 4.74 Å². The van der Waals surface area contributed by atoms with Crippen LogP contribution in [0.2, 0.25) is 0 Å². The number of ether oxygens (including phenoxy) is 2. The highest BCUT2D eigenvalue weighted by molar-refractivity contribution is 7.89. The standard InChI is InChI=1S/C14H21NO5S/c1-5-11-8-12(21(17,18)15-10(2)3)6-7-13(11)20-9-14(16)19-4/h6-8,10,15H,5,9H2,1-4H3. The van der Waals surface area contributed by atoms with Crippen LogP contribution in [-0.2, 0) is 26.0 Å². The van der Waals surface area contributed by atoms with Crippen LogP contribution in [0.5, 0.6) is 5.75 Å². The molecule has 0 saturated heterocycles. The van der Waals surface area contributed by atoms with Crippen LogP contribution in [0.25, 0.3) is 0 Å². The summed E-state index contributed by atoms with van der Waals surface area (Å²) in [5.41, 5.74) is 0.713. The first-order chi connectivity index (χ1) is 9.80. The number of benzene rings is 1. The Hall–Kier alpha value is -1.60. The van der Waals surface area contributed by atoms with Gasteiger partial charge in [0.15, 0.2) is 6.61 Å². The maximum atomic E-state index is 12.1. The average Bonchev–Trinajstić information content (AvgIpc) is 2.42. The third kappa shape index (κ3) is 5.02. The van der Waals surface area contributed by atoms with E-state index in [1.54, 1.807) is 26.0 Å². The molecule has 0 heterocycles. The van der Waals surface area contributed by atoms with Crippen LogP contribution in [-0.4, -0.2) is 34.1 Å². The summed E-state index contributed by atoms with van der Waals surface area (Å²) < 4.78 is 36.6. The summed E-state index contributed by atoms with van der Waals surface area (Å²) in [5.74, 6) is -0.0124. The van der Waals surface area contributed by atoms with Crippen molar-refractivity contribution in [3.05, 3.63) is 23.8 Å². The van der Waals surface area contributed by atoms with Gasteiger partial charge in [-0.2, -0.15) is 0 Å². The monoisotopic (exact) mass is 315 g/mol. The molecule has 0 bridgehead atoms. The molecule has 1 aromatic carbocycles. The van der Waals surface area contributed by atoms with Crippen molar-refractivity contribution in [3.63, 3.8) is 0 Å². The molecule has 0 unspecified atom stereocenters. The van der Waals surface area contributed by atoms with Gasteiger partial charge in [-0.25, -0.2) is 17.9 Å². The highest BCUT2D eigenvalue weighted by Crippen LogP contribution is 2.23. The van der Waals surface area contributed by atoms with Crippen LogP contribution in [0.1, 0.15) is 26.3 Å². The summed E-state index contributed by atoms with van der Waals surface area (Å²) in [6.07, 6.45) is 0.585. The maximum Gasteiger partial charge on any atom is 0.343 e. The number of carbonyl (C=O) groups is 1. The van der Waals surface area contributed by atoms with E-state index in [9.17, 15) is 13.2 Å². The second-order valence-electron chi connectivity index (χ2n) is 4.76. The molecule has 1 aromatic rings. The Morgan fingerprint density at radius 3 is 2.52 bits per heavy atom. The fraction of sp³-hybridized carbons (Fsp3) is 0.500. The van der Waals surface area contributed by atoms with Crippen molar-refractivity contribution in [2.75, 3.05) is 13.7 Å². The molecular formula is C14H21NO5S. The largest absolute Gasteiger partial charge is 0.482 e. The number of sulfonamides is 1. The fourth-order valence-electron chi connectivity index (χ4n) is 1.71. The zero-order valence-corrected chi connectivity index (χ0v) is 13.5. The lowest BCUT2D eigenvalue weighted by molar-refractivity contribution is -0.142. The summed E-state index contributed by atoms with van der Waals surface area (Å²) in [4.78, 5) is 11.3. The minimum atomic E-state index is -3.54. The number of esters is 1. The Morgan fingerprint density at radius 2 is 2.00 bits per heavy atom. The van der Waals surface area contributed by atoms with Crippen LogP contribution < -0.4 is 9.46 Å². The van der Waals surface area contributed by atoms with E-state index in [1.807, 2.05) is 6.92 Å². The van der Waals surface area contributed by atoms with Crippen molar-refractivity contribution in [1.29, 1.82) is 0 Å². The molecule has 0 aliphatic rings.